The summed E-state index contributed by atoms with van der Waals surface area (Å²) in [5.41, 5.74) is 2.06. The Morgan fingerprint density at radius 3 is 2.71 bits per heavy atom. The zero-order chi connectivity index (χ0) is 15.6. The van der Waals surface area contributed by atoms with E-state index in [1.807, 2.05) is 32.0 Å². The lowest BCUT2D eigenvalue weighted by Gasteiger charge is -2.36. The van der Waals surface area contributed by atoms with Gasteiger partial charge >= 0.3 is 5.97 Å². The van der Waals surface area contributed by atoms with Gasteiger partial charge in [-0.05, 0) is 49.9 Å². The molecule has 1 aliphatic rings. The third-order valence-electron chi connectivity index (χ3n) is 4.20. The van der Waals surface area contributed by atoms with Crippen molar-refractivity contribution in [1.82, 2.24) is 4.90 Å². The summed E-state index contributed by atoms with van der Waals surface area (Å²) in [5.74, 6) is -1.23. The fraction of sp³-hybridized carbons (Fsp3) is 0.500. The number of rotatable bonds is 3. The number of carbonyl (C=O) groups excluding carboxylic acids is 1. The number of halogens is 1. The van der Waals surface area contributed by atoms with Gasteiger partial charge in [0.15, 0.2) is 0 Å². The molecule has 4 nitrogen and oxygen atoms in total. The van der Waals surface area contributed by atoms with Crippen LogP contribution in [0.1, 0.15) is 30.9 Å². The number of carboxylic acids is 1. The van der Waals surface area contributed by atoms with E-state index < -0.39 is 11.9 Å². The van der Waals surface area contributed by atoms with E-state index in [0.29, 0.717) is 19.4 Å². The fourth-order valence-electron chi connectivity index (χ4n) is 2.78. The Morgan fingerprint density at radius 2 is 2.10 bits per heavy atom. The first kappa shape index (κ1) is 16.0. The van der Waals surface area contributed by atoms with Crippen LogP contribution in [0, 0.1) is 12.8 Å². The molecule has 0 aromatic heterocycles. The minimum atomic E-state index is -0.806. The predicted molar refractivity (Wildman–Crippen MR) is 84.1 cm³/mol. The minimum absolute atomic E-state index is 0.0128. The summed E-state index contributed by atoms with van der Waals surface area (Å²) in [7, 11) is 0. The molecule has 0 aliphatic carbocycles. The summed E-state index contributed by atoms with van der Waals surface area (Å²) in [6.45, 7) is 4.29. The number of carbonyl (C=O) groups is 2. The highest BCUT2D eigenvalue weighted by Gasteiger charge is 2.32. The molecule has 1 saturated heterocycles. The van der Waals surface area contributed by atoms with Crippen molar-refractivity contribution in [2.75, 3.05) is 6.54 Å². The van der Waals surface area contributed by atoms with Crippen molar-refractivity contribution in [3.63, 3.8) is 0 Å². The van der Waals surface area contributed by atoms with E-state index in [1.54, 1.807) is 4.90 Å². The highest BCUT2D eigenvalue weighted by Crippen LogP contribution is 2.24. The average Bonchev–Trinajstić information content (AvgIpc) is 2.42. The van der Waals surface area contributed by atoms with Crippen LogP contribution in [0.4, 0.5) is 0 Å². The second kappa shape index (κ2) is 6.60. The van der Waals surface area contributed by atoms with E-state index in [0.717, 1.165) is 22.0 Å². The number of nitrogens with zero attached hydrogens (tertiary/aromatic N) is 1. The van der Waals surface area contributed by atoms with E-state index in [9.17, 15) is 9.59 Å². The first-order valence-electron chi connectivity index (χ1n) is 7.15. The normalized spacial score (nSPS) is 22.1. The van der Waals surface area contributed by atoms with Crippen molar-refractivity contribution in [2.24, 2.45) is 5.92 Å². The zero-order valence-electron chi connectivity index (χ0n) is 12.3. The van der Waals surface area contributed by atoms with Gasteiger partial charge in [0.25, 0.3) is 0 Å². The molecule has 2 unspecified atom stereocenters. The summed E-state index contributed by atoms with van der Waals surface area (Å²) in [4.78, 5) is 25.4. The molecular formula is C16H20BrNO3. The van der Waals surface area contributed by atoms with Gasteiger partial charge < -0.3 is 10.0 Å². The topological polar surface area (TPSA) is 57.6 Å². The molecule has 1 aromatic carbocycles. The number of likely N-dealkylation sites (tertiary alicyclic amines) is 1. The van der Waals surface area contributed by atoms with Gasteiger partial charge in [-0.15, -0.1) is 0 Å². The molecule has 0 saturated carbocycles. The number of aryl methyl sites for hydroxylation is 1. The number of amides is 1. The van der Waals surface area contributed by atoms with Gasteiger partial charge in [0.1, 0.15) is 0 Å². The van der Waals surface area contributed by atoms with Gasteiger partial charge in [-0.3, -0.25) is 9.59 Å². The molecule has 1 heterocycles. The number of piperidine rings is 1. The Hall–Kier alpha value is -1.36. The lowest BCUT2D eigenvalue weighted by Crippen LogP contribution is -2.48. The van der Waals surface area contributed by atoms with Crippen molar-refractivity contribution in [1.29, 1.82) is 0 Å². The molecule has 1 N–H and O–H groups in total. The zero-order valence-corrected chi connectivity index (χ0v) is 13.9. The Kier molecular flexibility index (Phi) is 5.04. The van der Waals surface area contributed by atoms with E-state index in [4.69, 9.17) is 5.11 Å². The monoisotopic (exact) mass is 353 g/mol. The number of hydrogen-bond acceptors (Lipinski definition) is 2. The highest BCUT2D eigenvalue weighted by molar-refractivity contribution is 9.10. The highest BCUT2D eigenvalue weighted by atomic mass is 79.9. The smallest absolute Gasteiger partial charge is 0.308 e. The van der Waals surface area contributed by atoms with Gasteiger partial charge in [0.2, 0.25) is 5.91 Å². The van der Waals surface area contributed by atoms with Crippen molar-refractivity contribution >= 4 is 27.8 Å². The van der Waals surface area contributed by atoms with E-state index >= 15 is 0 Å². The van der Waals surface area contributed by atoms with Gasteiger partial charge in [-0.2, -0.15) is 0 Å². The third-order valence-corrected chi connectivity index (χ3v) is 4.69. The molecule has 1 aromatic rings. The van der Waals surface area contributed by atoms with Gasteiger partial charge in [-0.25, -0.2) is 0 Å². The van der Waals surface area contributed by atoms with Crippen LogP contribution in [-0.2, 0) is 16.0 Å². The van der Waals surface area contributed by atoms with E-state index in [-0.39, 0.29) is 11.9 Å². The van der Waals surface area contributed by atoms with E-state index in [2.05, 4.69) is 15.9 Å². The molecule has 21 heavy (non-hydrogen) atoms. The molecule has 2 rings (SSSR count). The molecule has 1 aliphatic heterocycles. The SMILES string of the molecule is Cc1cc(Br)ccc1CC(=O)N1CC(C(=O)O)CCC1C. The minimum Gasteiger partial charge on any atom is -0.481 e. The molecular weight excluding hydrogens is 334 g/mol. The first-order chi connectivity index (χ1) is 9.88. The maximum absolute atomic E-state index is 12.5. The van der Waals surface area contributed by atoms with Crippen LogP contribution in [0.2, 0.25) is 0 Å². The summed E-state index contributed by atoms with van der Waals surface area (Å²) in [5, 5.41) is 9.15. The van der Waals surface area contributed by atoms with Crippen LogP contribution >= 0.6 is 15.9 Å². The maximum atomic E-state index is 12.5. The molecule has 0 spiro atoms. The van der Waals surface area contributed by atoms with Gasteiger partial charge in [0.05, 0.1) is 12.3 Å². The Balaban J connectivity index is 2.09. The van der Waals surface area contributed by atoms with Crippen LogP contribution in [0.15, 0.2) is 22.7 Å². The Bertz CT molecular complexity index is 558. The van der Waals surface area contributed by atoms with Crippen molar-refractivity contribution in [3.8, 4) is 0 Å². The standard InChI is InChI=1S/C16H20BrNO3/c1-10-7-14(17)6-5-12(10)8-15(19)18-9-13(16(20)21)4-3-11(18)2/h5-7,11,13H,3-4,8-9H2,1-2H3,(H,20,21). The molecule has 1 fully saturated rings. The third kappa shape index (κ3) is 3.84. The van der Waals surface area contributed by atoms with E-state index in [1.165, 1.54) is 0 Å². The summed E-state index contributed by atoms with van der Waals surface area (Å²) >= 11 is 3.41. The second-order valence-electron chi connectivity index (χ2n) is 5.76. The molecule has 0 bridgehead atoms. The van der Waals surface area contributed by atoms with Crippen LogP contribution in [0.3, 0.4) is 0 Å². The Morgan fingerprint density at radius 1 is 1.38 bits per heavy atom. The largest absolute Gasteiger partial charge is 0.481 e. The molecule has 2 atom stereocenters. The average molecular weight is 354 g/mol. The lowest BCUT2D eigenvalue weighted by molar-refractivity contribution is -0.147. The predicted octanol–water partition coefficient (Wildman–Crippen LogP) is 3.01. The number of aliphatic carboxylic acids is 1. The van der Waals surface area contributed by atoms with Crippen LogP contribution in [0.25, 0.3) is 0 Å². The fourth-order valence-corrected chi connectivity index (χ4v) is 3.25. The summed E-state index contributed by atoms with van der Waals surface area (Å²) in [6, 6.07) is 5.97. The Labute approximate surface area is 133 Å². The number of carboxylic acid groups (broad SMARTS) is 1. The molecule has 114 valence electrons. The van der Waals surface area contributed by atoms with Crippen molar-refractivity contribution in [3.05, 3.63) is 33.8 Å². The number of hydrogen-bond donors (Lipinski definition) is 1. The van der Waals surface area contributed by atoms with Crippen LogP contribution in [0.5, 0.6) is 0 Å². The maximum Gasteiger partial charge on any atom is 0.308 e. The summed E-state index contributed by atoms with van der Waals surface area (Å²) < 4.78 is 0.994. The number of benzene rings is 1. The van der Waals surface area contributed by atoms with Gasteiger partial charge in [0, 0.05) is 17.1 Å². The van der Waals surface area contributed by atoms with Crippen LogP contribution < -0.4 is 0 Å². The molecule has 1 amide bonds. The second-order valence-corrected chi connectivity index (χ2v) is 6.67. The van der Waals surface area contributed by atoms with Crippen molar-refractivity contribution < 1.29 is 14.7 Å². The van der Waals surface area contributed by atoms with Crippen LogP contribution in [-0.4, -0.2) is 34.5 Å². The quantitative estimate of drug-likeness (QED) is 0.908. The lowest BCUT2D eigenvalue weighted by atomic mass is 9.92. The van der Waals surface area contributed by atoms with Crippen molar-refractivity contribution in [2.45, 2.75) is 39.2 Å². The van der Waals surface area contributed by atoms with Gasteiger partial charge in [-0.1, -0.05) is 22.0 Å². The molecule has 0 radical (unpaired) electrons. The summed E-state index contributed by atoms with van der Waals surface area (Å²) in [6.07, 6.45) is 1.73. The molecule has 5 heteroatoms. The first-order valence-corrected chi connectivity index (χ1v) is 7.95.